The first-order chi connectivity index (χ1) is 13.1. The zero-order valence-corrected chi connectivity index (χ0v) is 16.0. The van der Waals surface area contributed by atoms with E-state index in [1.165, 1.54) is 18.9 Å². The number of halogens is 3. The molecule has 0 bridgehead atoms. The zero-order chi connectivity index (χ0) is 20.5. The first-order valence-electron chi connectivity index (χ1n) is 9.22. The number of aryl methyl sites for hydroxylation is 1. The average molecular weight is 396 g/mol. The molecule has 1 N–H and O–H groups in total. The molecule has 1 aliphatic rings. The smallest absolute Gasteiger partial charge is 0.348 e. The van der Waals surface area contributed by atoms with Gasteiger partial charge in [0.15, 0.2) is 0 Å². The lowest BCUT2D eigenvalue weighted by Gasteiger charge is -2.25. The van der Waals surface area contributed by atoms with Gasteiger partial charge in [-0.2, -0.15) is 18.2 Å². The normalized spacial score (nSPS) is 19.0. The van der Waals surface area contributed by atoms with Crippen LogP contribution in [0.4, 0.5) is 13.2 Å². The molecule has 1 aromatic heterocycles. The highest BCUT2D eigenvalue weighted by Gasteiger charge is 2.38. The number of rotatable bonds is 5. The maximum atomic E-state index is 12.6. The predicted molar refractivity (Wildman–Crippen MR) is 96.7 cm³/mol. The Morgan fingerprint density at radius 2 is 2.18 bits per heavy atom. The molecule has 2 heterocycles. The molecule has 1 aromatic carbocycles. The molecule has 152 valence electrons. The second-order valence-corrected chi connectivity index (χ2v) is 7.31. The number of hydrogen-bond acceptors (Lipinski definition) is 5. The van der Waals surface area contributed by atoms with Crippen LogP contribution < -0.4 is 5.32 Å². The number of nitrogens with zero attached hydrogens (tertiary/aromatic N) is 3. The lowest BCUT2D eigenvalue weighted by molar-refractivity contribution is -0.159. The summed E-state index contributed by atoms with van der Waals surface area (Å²) in [6, 6.07) is 5.20. The molecule has 1 amide bonds. The lowest BCUT2D eigenvalue weighted by Crippen LogP contribution is -2.43. The van der Waals surface area contributed by atoms with E-state index in [0.717, 1.165) is 13.1 Å². The molecule has 0 saturated carbocycles. The SMILES string of the molecule is Cc1cc(C(=O)N[C@H](C)CN2CCCC2C)ccc1-c1noc(C(F)(F)F)n1. The van der Waals surface area contributed by atoms with Crippen LogP contribution in [0.1, 0.15) is 48.5 Å². The van der Waals surface area contributed by atoms with Crippen LogP contribution >= 0.6 is 0 Å². The molecule has 3 rings (SSSR count). The van der Waals surface area contributed by atoms with Crippen LogP contribution in [0.5, 0.6) is 0 Å². The molecule has 0 spiro atoms. The summed E-state index contributed by atoms with van der Waals surface area (Å²) < 4.78 is 42.1. The number of hydrogen-bond donors (Lipinski definition) is 1. The minimum Gasteiger partial charge on any atom is -0.348 e. The highest BCUT2D eigenvalue weighted by Crippen LogP contribution is 2.30. The number of alkyl halides is 3. The molecule has 6 nitrogen and oxygen atoms in total. The van der Waals surface area contributed by atoms with Gasteiger partial charge in [-0.15, -0.1) is 0 Å². The van der Waals surface area contributed by atoms with Crippen molar-refractivity contribution in [2.45, 2.75) is 51.9 Å². The molecule has 1 aliphatic heterocycles. The van der Waals surface area contributed by atoms with Gasteiger partial charge in [0.2, 0.25) is 5.82 Å². The van der Waals surface area contributed by atoms with Gasteiger partial charge in [0, 0.05) is 29.8 Å². The number of carbonyl (C=O) groups is 1. The number of amides is 1. The van der Waals surface area contributed by atoms with Gasteiger partial charge in [0.25, 0.3) is 5.91 Å². The fraction of sp³-hybridized carbons (Fsp3) is 0.526. The summed E-state index contributed by atoms with van der Waals surface area (Å²) in [4.78, 5) is 18.3. The van der Waals surface area contributed by atoms with Crippen molar-refractivity contribution in [1.29, 1.82) is 0 Å². The van der Waals surface area contributed by atoms with Gasteiger partial charge >= 0.3 is 12.1 Å². The highest BCUT2D eigenvalue weighted by atomic mass is 19.4. The Bertz CT molecular complexity index is 850. The molecular formula is C19H23F3N4O2. The van der Waals surface area contributed by atoms with Crippen LogP contribution in [0.15, 0.2) is 22.7 Å². The Hall–Kier alpha value is -2.42. The molecule has 1 saturated heterocycles. The van der Waals surface area contributed by atoms with E-state index in [2.05, 4.69) is 31.8 Å². The molecule has 2 aromatic rings. The maximum absolute atomic E-state index is 12.6. The van der Waals surface area contributed by atoms with E-state index in [9.17, 15) is 18.0 Å². The molecule has 0 aliphatic carbocycles. The summed E-state index contributed by atoms with van der Waals surface area (Å²) in [5.74, 6) is -1.78. The van der Waals surface area contributed by atoms with Gasteiger partial charge < -0.3 is 9.84 Å². The van der Waals surface area contributed by atoms with Gasteiger partial charge in [-0.3, -0.25) is 9.69 Å². The van der Waals surface area contributed by atoms with Crippen molar-refractivity contribution >= 4 is 5.91 Å². The van der Waals surface area contributed by atoms with Crippen LogP contribution in [-0.2, 0) is 6.18 Å². The van der Waals surface area contributed by atoms with E-state index in [4.69, 9.17) is 0 Å². The van der Waals surface area contributed by atoms with Gasteiger partial charge in [0.05, 0.1) is 0 Å². The minimum atomic E-state index is -4.69. The Balaban J connectivity index is 1.67. The van der Waals surface area contributed by atoms with Crippen LogP contribution in [0.2, 0.25) is 0 Å². The van der Waals surface area contributed by atoms with Crippen molar-refractivity contribution in [1.82, 2.24) is 20.4 Å². The third-order valence-electron chi connectivity index (χ3n) is 4.97. The van der Waals surface area contributed by atoms with Crippen molar-refractivity contribution in [3.63, 3.8) is 0 Å². The van der Waals surface area contributed by atoms with E-state index in [1.807, 2.05) is 6.92 Å². The summed E-state index contributed by atoms with van der Waals surface area (Å²) in [5.41, 5.74) is 1.40. The standard InChI is InChI=1S/C19H23F3N4O2/c1-11-9-14(17(27)23-12(2)10-26-8-4-5-13(26)3)6-7-15(11)16-24-18(28-25-16)19(20,21)22/h6-7,9,12-13H,4-5,8,10H2,1-3H3,(H,23,27)/t12-,13?/m1/s1. The van der Waals surface area contributed by atoms with Gasteiger partial charge in [-0.1, -0.05) is 11.2 Å². The van der Waals surface area contributed by atoms with Crippen molar-refractivity contribution in [2.75, 3.05) is 13.1 Å². The second-order valence-electron chi connectivity index (χ2n) is 7.31. The average Bonchev–Trinajstić information content (AvgIpc) is 3.24. The third-order valence-corrected chi connectivity index (χ3v) is 4.97. The number of benzene rings is 1. The Kier molecular flexibility index (Phi) is 5.74. The molecule has 1 fully saturated rings. The number of likely N-dealkylation sites (tertiary alicyclic amines) is 1. The van der Waals surface area contributed by atoms with E-state index in [-0.39, 0.29) is 17.8 Å². The Morgan fingerprint density at radius 1 is 1.43 bits per heavy atom. The monoisotopic (exact) mass is 396 g/mol. The van der Waals surface area contributed by atoms with E-state index < -0.39 is 12.1 Å². The largest absolute Gasteiger partial charge is 0.471 e. The van der Waals surface area contributed by atoms with Crippen LogP contribution in [0.25, 0.3) is 11.4 Å². The molecular weight excluding hydrogens is 373 g/mol. The number of carbonyl (C=O) groups excluding carboxylic acids is 1. The molecule has 1 unspecified atom stereocenters. The highest BCUT2D eigenvalue weighted by molar-refractivity contribution is 5.95. The zero-order valence-electron chi connectivity index (χ0n) is 16.0. The quantitative estimate of drug-likeness (QED) is 0.835. The lowest BCUT2D eigenvalue weighted by atomic mass is 10.0. The van der Waals surface area contributed by atoms with Crippen LogP contribution in [-0.4, -0.2) is 46.1 Å². The number of nitrogens with one attached hydrogen (secondary N) is 1. The Morgan fingerprint density at radius 3 is 2.75 bits per heavy atom. The van der Waals surface area contributed by atoms with E-state index in [1.54, 1.807) is 19.1 Å². The van der Waals surface area contributed by atoms with Gasteiger partial charge in [-0.05, 0) is 57.9 Å². The maximum Gasteiger partial charge on any atom is 0.471 e. The van der Waals surface area contributed by atoms with Crippen LogP contribution in [0.3, 0.4) is 0 Å². The first-order valence-corrected chi connectivity index (χ1v) is 9.22. The van der Waals surface area contributed by atoms with E-state index in [0.29, 0.717) is 22.7 Å². The Labute approximate surface area is 161 Å². The van der Waals surface area contributed by atoms with Crippen molar-refractivity contribution in [2.24, 2.45) is 0 Å². The predicted octanol–water partition coefficient (Wildman–Crippen LogP) is 3.67. The third kappa shape index (κ3) is 4.52. The molecule has 28 heavy (non-hydrogen) atoms. The van der Waals surface area contributed by atoms with Crippen LogP contribution in [0, 0.1) is 6.92 Å². The summed E-state index contributed by atoms with van der Waals surface area (Å²) in [6.07, 6.45) is -2.34. The summed E-state index contributed by atoms with van der Waals surface area (Å²) in [5, 5.41) is 6.36. The summed E-state index contributed by atoms with van der Waals surface area (Å²) in [6.45, 7) is 7.66. The fourth-order valence-corrected chi connectivity index (χ4v) is 3.47. The molecule has 2 atom stereocenters. The van der Waals surface area contributed by atoms with E-state index >= 15 is 0 Å². The van der Waals surface area contributed by atoms with Crippen molar-refractivity contribution < 1.29 is 22.5 Å². The van der Waals surface area contributed by atoms with Crippen molar-refractivity contribution in [3.8, 4) is 11.4 Å². The molecule has 9 heteroatoms. The fourth-order valence-electron chi connectivity index (χ4n) is 3.47. The summed E-state index contributed by atoms with van der Waals surface area (Å²) in [7, 11) is 0. The number of aromatic nitrogens is 2. The minimum absolute atomic E-state index is 0.0143. The second kappa shape index (κ2) is 7.90. The molecule has 0 radical (unpaired) electrons. The van der Waals surface area contributed by atoms with Gasteiger partial charge in [-0.25, -0.2) is 0 Å². The van der Waals surface area contributed by atoms with Gasteiger partial charge in [0.1, 0.15) is 0 Å². The summed E-state index contributed by atoms with van der Waals surface area (Å²) >= 11 is 0. The first kappa shape index (κ1) is 20.3. The topological polar surface area (TPSA) is 71.3 Å². The van der Waals surface area contributed by atoms with Crippen molar-refractivity contribution in [3.05, 3.63) is 35.2 Å².